The van der Waals surface area contributed by atoms with E-state index in [0.29, 0.717) is 37.4 Å². The zero-order chi connectivity index (χ0) is 27.9. The number of nitrogens with one attached hydrogen (secondary N) is 1. The Hall–Kier alpha value is -1.96. The number of fused-ring (bicyclic) bond motifs is 1. The highest BCUT2D eigenvalue weighted by atomic mass is 32.2. The molecule has 0 saturated carbocycles. The SMILES string of the molecule is CC(=O)C[C@H](C)[C@H]1C(=O)N2C(C(=O)O)=C(SC3CNC(C(=O)N4CCC(CS(=O)(=O)CCN)C4)C3)[C@H](C)[C@@H]12. The summed E-state index contributed by atoms with van der Waals surface area (Å²) in [7, 11) is -3.23. The van der Waals surface area contributed by atoms with Crippen molar-refractivity contribution in [2.24, 2.45) is 29.4 Å². The van der Waals surface area contributed by atoms with Crippen molar-refractivity contribution in [2.75, 3.05) is 37.7 Å². The second-order valence-corrected chi connectivity index (χ2v) is 14.8. The molecule has 4 heterocycles. The van der Waals surface area contributed by atoms with Crippen LogP contribution in [0.1, 0.15) is 40.0 Å². The molecule has 7 atom stereocenters. The first kappa shape index (κ1) is 29.0. The fourth-order valence-electron chi connectivity index (χ4n) is 6.52. The molecule has 2 amide bonds. The lowest BCUT2D eigenvalue weighted by Gasteiger charge is -2.47. The summed E-state index contributed by atoms with van der Waals surface area (Å²) in [4.78, 5) is 53.7. The maximum absolute atomic E-state index is 13.2. The third kappa shape index (κ3) is 5.66. The van der Waals surface area contributed by atoms with Gasteiger partial charge < -0.3 is 30.8 Å². The summed E-state index contributed by atoms with van der Waals surface area (Å²) < 4.78 is 24.2. The number of nitrogens with zero attached hydrogens (tertiary/aromatic N) is 2. The van der Waals surface area contributed by atoms with Crippen LogP contribution in [0.2, 0.25) is 0 Å². The van der Waals surface area contributed by atoms with Crippen LogP contribution < -0.4 is 11.1 Å². The molecule has 212 valence electrons. The van der Waals surface area contributed by atoms with E-state index >= 15 is 0 Å². The highest BCUT2D eigenvalue weighted by molar-refractivity contribution is 8.03. The summed E-state index contributed by atoms with van der Waals surface area (Å²) in [5, 5.41) is 13.2. The number of likely N-dealkylation sites (tertiary alicyclic amines) is 1. The number of carboxylic acid groups (broad SMARTS) is 1. The summed E-state index contributed by atoms with van der Waals surface area (Å²) >= 11 is 1.43. The van der Waals surface area contributed by atoms with Crippen molar-refractivity contribution in [2.45, 2.75) is 57.4 Å². The third-order valence-corrected chi connectivity index (χ3v) is 11.6. The van der Waals surface area contributed by atoms with Crippen molar-refractivity contribution >= 4 is 45.2 Å². The van der Waals surface area contributed by atoms with Crippen LogP contribution in [0.4, 0.5) is 0 Å². The van der Waals surface area contributed by atoms with Gasteiger partial charge in [0, 0.05) is 48.7 Å². The number of ketones is 1. The van der Waals surface area contributed by atoms with E-state index in [4.69, 9.17) is 5.73 Å². The Bertz CT molecular complexity index is 1140. The van der Waals surface area contributed by atoms with Crippen LogP contribution >= 0.6 is 11.8 Å². The minimum absolute atomic E-state index is 0.00432. The quantitative estimate of drug-likeness (QED) is 0.289. The molecule has 3 unspecified atom stereocenters. The highest BCUT2D eigenvalue weighted by Gasteiger charge is 2.60. The Morgan fingerprint density at radius 1 is 1.29 bits per heavy atom. The molecule has 0 aromatic heterocycles. The van der Waals surface area contributed by atoms with Gasteiger partial charge in [0.1, 0.15) is 11.5 Å². The molecule has 4 N–H and O–H groups in total. The molecule has 0 spiro atoms. The van der Waals surface area contributed by atoms with E-state index in [9.17, 15) is 32.7 Å². The van der Waals surface area contributed by atoms with Crippen LogP contribution in [0.25, 0.3) is 0 Å². The minimum Gasteiger partial charge on any atom is -0.477 e. The average Bonchev–Trinajstić information content (AvgIpc) is 3.51. The second kappa shape index (κ2) is 11.3. The summed E-state index contributed by atoms with van der Waals surface area (Å²) in [5.41, 5.74) is 5.42. The van der Waals surface area contributed by atoms with Gasteiger partial charge in [-0.15, -0.1) is 11.8 Å². The molecule has 4 aliphatic heterocycles. The van der Waals surface area contributed by atoms with Crippen LogP contribution in [-0.4, -0.2) is 102 Å². The first-order chi connectivity index (χ1) is 17.8. The Kier molecular flexibility index (Phi) is 8.61. The molecule has 3 saturated heterocycles. The van der Waals surface area contributed by atoms with Crippen molar-refractivity contribution in [3.8, 4) is 0 Å². The maximum atomic E-state index is 13.2. The first-order valence-electron chi connectivity index (χ1n) is 13.2. The Balaban J connectivity index is 1.37. The average molecular weight is 571 g/mol. The number of rotatable bonds is 11. The molecular weight excluding hydrogens is 532 g/mol. The van der Waals surface area contributed by atoms with Crippen LogP contribution in [0.3, 0.4) is 0 Å². The molecule has 0 aromatic rings. The summed E-state index contributed by atoms with van der Waals surface area (Å²) in [6.07, 6.45) is 1.44. The normalized spacial score (nSPS) is 31.9. The van der Waals surface area contributed by atoms with E-state index in [1.54, 1.807) is 4.90 Å². The number of carbonyl (C=O) groups is 4. The number of carboxylic acids is 1. The molecule has 0 aliphatic carbocycles. The van der Waals surface area contributed by atoms with E-state index in [1.807, 2.05) is 13.8 Å². The third-order valence-electron chi connectivity index (χ3n) is 8.21. The number of aliphatic carboxylic acids is 1. The number of hydrogen-bond donors (Lipinski definition) is 3. The molecule has 11 nitrogen and oxygen atoms in total. The van der Waals surface area contributed by atoms with Gasteiger partial charge in [-0.3, -0.25) is 9.59 Å². The monoisotopic (exact) mass is 570 g/mol. The molecule has 0 bridgehead atoms. The summed E-state index contributed by atoms with van der Waals surface area (Å²) in [6.45, 7) is 6.83. The largest absolute Gasteiger partial charge is 0.477 e. The zero-order valence-electron chi connectivity index (χ0n) is 22.1. The van der Waals surface area contributed by atoms with Gasteiger partial charge in [0.25, 0.3) is 0 Å². The van der Waals surface area contributed by atoms with Crippen molar-refractivity contribution < 1.29 is 32.7 Å². The van der Waals surface area contributed by atoms with E-state index < -0.39 is 21.8 Å². The number of hydrogen-bond acceptors (Lipinski definition) is 9. The van der Waals surface area contributed by atoms with Crippen LogP contribution in [0, 0.1) is 23.7 Å². The lowest BCUT2D eigenvalue weighted by atomic mass is 9.73. The van der Waals surface area contributed by atoms with Crippen LogP contribution in [0.5, 0.6) is 0 Å². The van der Waals surface area contributed by atoms with Crippen molar-refractivity contribution in [1.82, 2.24) is 15.1 Å². The lowest BCUT2D eigenvalue weighted by molar-refractivity contribution is -0.160. The molecular formula is C25H38N4O7S2. The van der Waals surface area contributed by atoms with E-state index in [2.05, 4.69) is 5.32 Å². The number of β-lactam (4-membered cyclic amide) rings is 1. The van der Waals surface area contributed by atoms with E-state index in [0.717, 1.165) is 0 Å². The molecule has 0 radical (unpaired) electrons. The first-order valence-corrected chi connectivity index (χ1v) is 15.9. The fourth-order valence-corrected chi connectivity index (χ4v) is 9.51. The molecule has 4 aliphatic rings. The number of nitrogens with two attached hydrogens (primary N) is 1. The van der Waals surface area contributed by atoms with Gasteiger partial charge in [0.2, 0.25) is 11.8 Å². The molecule has 0 aromatic carbocycles. The van der Waals surface area contributed by atoms with Gasteiger partial charge in [0.15, 0.2) is 9.84 Å². The highest BCUT2D eigenvalue weighted by Crippen LogP contribution is 2.53. The van der Waals surface area contributed by atoms with Gasteiger partial charge in [-0.1, -0.05) is 13.8 Å². The number of sulfone groups is 1. The molecule has 13 heteroatoms. The molecule has 38 heavy (non-hydrogen) atoms. The predicted molar refractivity (Wildman–Crippen MR) is 143 cm³/mol. The number of thioether (sulfide) groups is 1. The Morgan fingerprint density at radius 3 is 2.63 bits per heavy atom. The summed E-state index contributed by atoms with van der Waals surface area (Å²) in [5.74, 6) is -2.25. The smallest absolute Gasteiger partial charge is 0.353 e. The topological polar surface area (TPSA) is 167 Å². The predicted octanol–water partition coefficient (Wildman–Crippen LogP) is 0.0602. The Morgan fingerprint density at radius 2 is 2.00 bits per heavy atom. The van der Waals surface area contributed by atoms with Crippen molar-refractivity contribution in [3.05, 3.63) is 10.6 Å². The Labute approximate surface area is 227 Å². The molecule has 3 fully saturated rings. The van der Waals surface area contributed by atoms with Gasteiger partial charge in [0.05, 0.1) is 29.5 Å². The van der Waals surface area contributed by atoms with Crippen molar-refractivity contribution in [1.29, 1.82) is 0 Å². The number of carbonyl (C=O) groups excluding carboxylic acids is 3. The minimum atomic E-state index is -3.23. The van der Waals surface area contributed by atoms with Gasteiger partial charge in [-0.25, -0.2) is 13.2 Å². The van der Waals surface area contributed by atoms with Crippen LogP contribution in [0.15, 0.2) is 10.6 Å². The summed E-state index contributed by atoms with van der Waals surface area (Å²) in [6, 6.07) is -0.686. The van der Waals surface area contributed by atoms with Gasteiger partial charge in [-0.05, 0) is 31.6 Å². The maximum Gasteiger partial charge on any atom is 0.353 e. The van der Waals surface area contributed by atoms with Gasteiger partial charge in [-0.2, -0.15) is 0 Å². The molecule has 4 rings (SSSR count). The fraction of sp³-hybridized carbons (Fsp3) is 0.760. The van der Waals surface area contributed by atoms with Crippen LogP contribution in [-0.2, 0) is 29.0 Å². The standard InChI is InChI=1S/C25H38N4O7S2/c1-13(8-14(2)30)19-20-15(3)22(21(25(33)34)29(20)24(19)32)37-17-9-18(27-10-17)23(31)28-6-4-16(11-28)12-38(35,36)7-5-26/h13,15-20,27H,4-12,26H2,1-3H3,(H,33,34)/t13-,15+,16?,17?,18?,19+,20-/m0/s1. The lowest BCUT2D eigenvalue weighted by Crippen LogP contribution is -2.62. The van der Waals surface area contributed by atoms with Gasteiger partial charge >= 0.3 is 5.97 Å². The zero-order valence-corrected chi connectivity index (χ0v) is 23.7. The number of amides is 2. The second-order valence-electron chi connectivity index (χ2n) is 11.2. The van der Waals surface area contributed by atoms with E-state index in [-0.39, 0.29) is 82.7 Å². The van der Waals surface area contributed by atoms with E-state index in [1.165, 1.54) is 23.6 Å². The van der Waals surface area contributed by atoms with Crippen molar-refractivity contribution in [3.63, 3.8) is 0 Å². The number of Topliss-reactive ketones (excluding diaryl/α,β-unsaturated/α-hetero) is 1.